The highest BCUT2D eigenvalue weighted by molar-refractivity contribution is 8.05. The molecule has 0 unspecified atom stereocenters. The summed E-state index contributed by atoms with van der Waals surface area (Å²) in [6.45, 7) is 0. The zero-order valence-corrected chi connectivity index (χ0v) is 25.2. The number of hydrogen-bond donors (Lipinski definition) is 2. The standard InChI is InChI=1S/C16H12O4S2.C14H8O4S2/c1-19-15(17)9-3-5-11-13(7-9)22-14-8-10(16(18)20-2)4-6-12(14)21-11;15-13(16)7-1-3-9-11(5-7)20-12-6-8(14(17)18)2-4-10(12)19-9/h3-8H,1-2H3;1-6H,(H,15,16)(H,17,18). The highest BCUT2D eigenvalue weighted by Gasteiger charge is 2.22. The van der Waals surface area contributed by atoms with Gasteiger partial charge in [0.2, 0.25) is 0 Å². The smallest absolute Gasteiger partial charge is 0.337 e. The molecule has 42 heavy (non-hydrogen) atoms. The Bertz CT molecular complexity index is 1640. The van der Waals surface area contributed by atoms with Crippen molar-refractivity contribution in [3.05, 3.63) is 95.1 Å². The zero-order chi connectivity index (χ0) is 30.0. The quantitative estimate of drug-likeness (QED) is 0.185. The average molecular weight is 637 g/mol. The summed E-state index contributed by atoms with van der Waals surface area (Å²) in [5, 5.41) is 18.0. The molecule has 6 rings (SSSR count). The van der Waals surface area contributed by atoms with Crippen molar-refractivity contribution < 1.29 is 38.9 Å². The fourth-order valence-corrected chi connectivity index (χ4v) is 8.47. The zero-order valence-electron chi connectivity index (χ0n) is 21.9. The normalized spacial score (nSPS) is 12.2. The average Bonchev–Trinajstić information content (AvgIpc) is 3.01. The van der Waals surface area contributed by atoms with Gasteiger partial charge in [-0.05, 0) is 72.8 Å². The number of carboxylic acids is 2. The number of benzene rings is 4. The van der Waals surface area contributed by atoms with Crippen LogP contribution < -0.4 is 0 Å². The van der Waals surface area contributed by atoms with Crippen LogP contribution in [0.2, 0.25) is 0 Å². The topological polar surface area (TPSA) is 127 Å². The van der Waals surface area contributed by atoms with E-state index < -0.39 is 11.9 Å². The predicted molar refractivity (Wildman–Crippen MR) is 159 cm³/mol. The number of hydrogen-bond acceptors (Lipinski definition) is 10. The van der Waals surface area contributed by atoms with E-state index in [2.05, 4.69) is 0 Å². The molecule has 8 nitrogen and oxygen atoms in total. The summed E-state index contributed by atoms with van der Waals surface area (Å²) in [5.74, 6) is -2.66. The number of carboxylic acid groups (broad SMARTS) is 2. The first-order chi connectivity index (χ1) is 20.2. The van der Waals surface area contributed by atoms with Gasteiger partial charge in [-0.3, -0.25) is 0 Å². The molecule has 0 aliphatic carbocycles. The van der Waals surface area contributed by atoms with Crippen molar-refractivity contribution in [2.24, 2.45) is 0 Å². The Morgan fingerprint density at radius 3 is 1.00 bits per heavy atom. The minimum atomic E-state index is -0.969. The molecule has 0 radical (unpaired) electrons. The van der Waals surface area contributed by atoms with E-state index in [-0.39, 0.29) is 23.1 Å². The third-order valence-electron chi connectivity index (χ3n) is 5.99. The van der Waals surface area contributed by atoms with Crippen LogP contribution in [0.4, 0.5) is 0 Å². The summed E-state index contributed by atoms with van der Waals surface area (Å²) < 4.78 is 9.49. The molecular formula is C30H20O8S4. The van der Waals surface area contributed by atoms with Crippen molar-refractivity contribution in [2.45, 2.75) is 39.2 Å². The third-order valence-corrected chi connectivity index (χ3v) is 11.0. The van der Waals surface area contributed by atoms with E-state index in [1.165, 1.54) is 49.5 Å². The highest BCUT2D eigenvalue weighted by Crippen LogP contribution is 2.50. The van der Waals surface area contributed by atoms with Crippen molar-refractivity contribution in [1.29, 1.82) is 0 Å². The molecule has 4 aromatic carbocycles. The maximum absolute atomic E-state index is 11.6. The van der Waals surface area contributed by atoms with E-state index >= 15 is 0 Å². The van der Waals surface area contributed by atoms with Crippen molar-refractivity contribution >= 4 is 70.9 Å². The van der Waals surface area contributed by atoms with Gasteiger partial charge < -0.3 is 19.7 Å². The monoisotopic (exact) mass is 636 g/mol. The molecule has 0 spiro atoms. The lowest BCUT2D eigenvalue weighted by Gasteiger charge is -2.19. The number of aromatic carboxylic acids is 2. The largest absolute Gasteiger partial charge is 0.478 e. The fraction of sp³-hybridized carbons (Fsp3) is 0.0667. The minimum Gasteiger partial charge on any atom is -0.478 e. The maximum atomic E-state index is 11.6. The van der Waals surface area contributed by atoms with Gasteiger partial charge in [0.05, 0.1) is 36.5 Å². The van der Waals surface area contributed by atoms with Crippen LogP contribution in [0.3, 0.4) is 0 Å². The number of esters is 2. The molecule has 12 heteroatoms. The fourth-order valence-electron chi connectivity index (χ4n) is 3.92. The van der Waals surface area contributed by atoms with Crippen LogP contribution in [-0.4, -0.2) is 48.3 Å². The summed E-state index contributed by atoms with van der Waals surface area (Å²) in [4.78, 5) is 53.0. The van der Waals surface area contributed by atoms with E-state index in [1.54, 1.807) is 60.3 Å². The second kappa shape index (κ2) is 12.6. The Morgan fingerprint density at radius 2 is 0.714 bits per heavy atom. The molecule has 0 amide bonds. The molecule has 2 heterocycles. The van der Waals surface area contributed by atoms with Crippen LogP contribution in [0.5, 0.6) is 0 Å². The van der Waals surface area contributed by atoms with Crippen LogP contribution in [0.25, 0.3) is 0 Å². The molecule has 0 saturated carbocycles. The van der Waals surface area contributed by atoms with E-state index in [0.29, 0.717) is 11.1 Å². The maximum Gasteiger partial charge on any atom is 0.337 e. The first kappa shape index (κ1) is 29.6. The van der Waals surface area contributed by atoms with E-state index in [4.69, 9.17) is 19.7 Å². The Labute approximate surface area is 257 Å². The number of carbonyl (C=O) groups excluding carboxylic acids is 2. The minimum absolute atomic E-state index is 0.231. The summed E-state index contributed by atoms with van der Waals surface area (Å²) in [5.41, 5.74) is 1.49. The third kappa shape index (κ3) is 6.31. The molecule has 0 fully saturated rings. The molecule has 2 aliphatic rings. The Hall–Kier alpha value is -3.84. The van der Waals surface area contributed by atoms with Crippen molar-refractivity contribution in [3.8, 4) is 0 Å². The van der Waals surface area contributed by atoms with E-state index in [0.717, 1.165) is 39.2 Å². The highest BCUT2D eigenvalue weighted by atomic mass is 32.2. The van der Waals surface area contributed by atoms with Crippen LogP contribution >= 0.6 is 47.0 Å². The van der Waals surface area contributed by atoms with Gasteiger partial charge in [0.25, 0.3) is 0 Å². The Morgan fingerprint density at radius 1 is 0.452 bits per heavy atom. The summed E-state index contributed by atoms with van der Waals surface area (Å²) in [7, 11) is 2.73. The molecular weight excluding hydrogens is 617 g/mol. The SMILES string of the molecule is COC(=O)c1ccc2c(c1)Sc1cc(C(=O)OC)ccc1S2.O=C(O)c1ccc2c(c1)Sc1cc(C(=O)O)ccc1S2. The summed E-state index contributed by atoms with van der Waals surface area (Å²) in [6.07, 6.45) is 0. The van der Waals surface area contributed by atoms with Gasteiger partial charge in [0.1, 0.15) is 0 Å². The first-order valence-corrected chi connectivity index (χ1v) is 15.3. The molecule has 2 aliphatic heterocycles. The summed E-state index contributed by atoms with van der Waals surface area (Å²) in [6, 6.07) is 20.9. The van der Waals surface area contributed by atoms with Crippen LogP contribution in [0, 0.1) is 0 Å². The predicted octanol–water partition coefficient (Wildman–Crippen LogP) is 7.57. The van der Waals surface area contributed by atoms with Crippen LogP contribution in [0.15, 0.2) is 112 Å². The van der Waals surface area contributed by atoms with Crippen molar-refractivity contribution in [2.75, 3.05) is 14.2 Å². The van der Waals surface area contributed by atoms with Gasteiger partial charge >= 0.3 is 23.9 Å². The molecule has 0 bridgehead atoms. The Kier molecular flexibility index (Phi) is 8.88. The first-order valence-electron chi connectivity index (χ1n) is 12.1. The second-order valence-corrected chi connectivity index (χ2v) is 13.0. The van der Waals surface area contributed by atoms with Crippen molar-refractivity contribution in [3.63, 3.8) is 0 Å². The van der Waals surface area contributed by atoms with E-state index in [1.807, 2.05) is 24.3 Å². The van der Waals surface area contributed by atoms with Gasteiger partial charge in [-0.1, -0.05) is 47.0 Å². The molecule has 2 N–H and O–H groups in total. The van der Waals surface area contributed by atoms with Gasteiger partial charge in [0.15, 0.2) is 0 Å². The lowest BCUT2D eigenvalue weighted by Crippen LogP contribution is -2.03. The molecule has 212 valence electrons. The van der Waals surface area contributed by atoms with Gasteiger partial charge in [-0.25, -0.2) is 19.2 Å². The Balaban J connectivity index is 0.000000169. The number of fused-ring (bicyclic) bond motifs is 4. The molecule has 0 aromatic heterocycles. The van der Waals surface area contributed by atoms with Gasteiger partial charge in [-0.2, -0.15) is 0 Å². The van der Waals surface area contributed by atoms with Gasteiger partial charge in [-0.15, -0.1) is 0 Å². The van der Waals surface area contributed by atoms with Crippen LogP contribution in [-0.2, 0) is 9.47 Å². The second-order valence-electron chi connectivity index (χ2n) is 8.65. The van der Waals surface area contributed by atoms with Gasteiger partial charge in [0, 0.05) is 39.2 Å². The van der Waals surface area contributed by atoms with Crippen LogP contribution in [0.1, 0.15) is 41.4 Å². The lowest BCUT2D eigenvalue weighted by molar-refractivity contribution is 0.0591. The number of carbonyl (C=O) groups is 4. The van der Waals surface area contributed by atoms with Crippen molar-refractivity contribution in [1.82, 2.24) is 0 Å². The summed E-state index contributed by atoms with van der Waals surface area (Å²) >= 11 is 6.06. The molecule has 0 saturated heterocycles. The number of methoxy groups -OCH3 is 2. The lowest BCUT2D eigenvalue weighted by atomic mass is 10.2. The number of ether oxygens (including phenoxy) is 2. The number of rotatable bonds is 4. The molecule has 0 atom stereocenters. The molecule has 4 aromatic rings. The van der Waals surface area contributed by atoms with E-state index in [9.17, 15) is 19.2 Å².